The maximum absolute atomic E-state index is 13.3. The van der Waals surface area contributed by atoms with Gasteiger partial charge in [0.05, 0.1) is 22.0 Å². The number of aromatic nitrogens is 2. The number of hydrogen-bond acceptors (Lipinski definition) is 7. The van der Waals surface area contributed by atoms with E-state index in [9.17, 15) is 13.2 Å². The zero-order valence-electron chi connectivity index (χ0n) is 15.6. The van der Waals surface area contributed by atoms with Crippen molar-refractivity contribution >= 4 is 32.7 Å². The third kappa shape index (κ3) is 2.23. The highest BCUT2D eigenvalue weighted by molar-refractivity contribution is 7.89. The highest BCUT2D eigenvalue weighted by Gasteiger charge is 2.94. The highest BCUT2D eigenvalue weighted by atomic mass is 32.2. The minimum absolute atomic E-state index is 0.108. The number of benzene rings is 2. The quantitative estimate of drug-likeness (QED) is 0.416. The Bertz CT molecular complexity index is 1310. The summed E-state index contributed by atoms with van der Waals surface area (Å²) in [6, 6.07) is 12.8. The summed E-state index contributed by atoms with van der Waals surface area (Å²) in [6.45, 7) is 0.475. The van der Waals surface area contributed by atoms with E-state index in [0.717, 1.165) is 10.8 Å². The molecule has 7 rings (SSSR count). The lowest BCUT2D eigenvalue weighted by Crippen LogP contribution is -2.33. The molecule has 1 amide bonds. The molecule has 3 N–H and O–H groups in total. The van der Waals surface area contributed by atoms with E-state index >= 15 is 0 Å². The standard InChI is InChI=1S/C20H17N5O4S/c26-18(24-27)13-8-21-19(22-9-13)23-20-15-10-25(17(20)16(15)20)30(28,29)14-6-5-11-3-1-2-4-12(11)7-14/h1-9,15-17,27H,10H2,(H,24,26)(H,21,22,23). The molecule has 4 unspecified atom stereocenters. The van der Waals surface area contributed by atoms with Crippen LogP contribution in [0.3, 0.4) is 0 Å². The summed E-state index contributed by atoms with van der Waals surface area (Å²) >= 11 is 0. The summed E-state index contributed by atoms with van der Waals surface area (Å²) in [5.41, 5.74) is 1.35. The van der Waals surface area contributed by atoms with Crippen LogP contribution in [0.4, 0.5) is 5.95 Å². The van der Waals surface area contributed by atoms with Crippen LogP contribution in [0.25, 0.3) is 10.8 Å². The topological polar surface area (TPSA) is 125 Å². The summed E-state index contributed by atoms with van der Waals surface area (Å²) < 4.78 is 28.1. The number of hydroxylamine groups is 1. The number of carbonyl (C=O) groups is 1. The van der Waals surface area contributed by atoms with Crippen LogP contribution in [-0.4, -0.2) is 51.9 Å². The van der Waals surface area contributed by atoms with Gasteiger partial charge in [0.2, 0.25) is 16.0 Å². The number of sulfonamides is 1. The van der Waals surface area contributed by atoms with Crippen molar-refractivity contribution in [2.45, 2.75) is 16.5 Å². The Balaban J connectivity index is 1.23. The van der Waals surface area contributed by atoms with Gasteiger partial charge >= 0.3 is 0 Å². The van der Waals surface area contributed by atoms with Crippen LogP contribution in [0.1, 0.15) is 10.4 Å². The van der Waals surface area contributed by atoms with E-state index in [4.69, 9.17) is 5.21 Å². The smallest absolute Gasteiger partial charge is 0.277 e. The maximum Gasteiger partial charge on any atom is 0.277 e. The van der Waals surface area contributed by atoms with Gasteiger partial charge < -0.3 is 5.32 Å². The minimum atomic E-state index is -3.60. The largest absolute Gasteiger partial charge is 0.346 e. The van der Waals surface area contributed by atoms with Crippen molar-refractivity contribution in [2.24, 2.45) is 11.8 Å². The Morgan fingerprint density at radius 3 is 2.57 bits per heavy atom. The van der Waals surface area contributed by atoms with E-state index in [-0.39, 0.29) is 29.0 Å². The normalized spacial score (nSPS) is 28.8. The molecule has 4 fully saturated rings. The molecule has 4 aliphatic rings. The monoisotopic (exact) mass is 423 g/mol. The number of rotatable bonds is 5. The Morgan fingerprint density at radius 2 is 1.87 bits per heavy atom. The first-order chi connectivity index (χ1) is 14.5. The predicted octanol–water partition coefficient (Wildman–Crippen LogP) is 1.23. The summed E-state index contributed by atoms with van der Waals surface area (Å²) in [7, 11) is -3.60. The number of anilines is 1. The van der Waals surface area contributed by atoms with E-state index in [1.54, 1.807) is 16.4 Å². The Morgan fingerprint density at radius 1 is 1.13 bits per heavy atom. The fourth-order valence-corrected chi connectivity index (χ4v) is 6.71. The van der Waals surface area contributed by atoms with Crippen molar-refractivity contribution in [3.8, 4) is 0 Å². The predicted molar refractivity (Wildman–Crippen MR) is 106 cm³/mol. The Kier molecular flexibility index (Phi) is 3.40. The van der Waals surface area contributed by atoms with Gasteiger partial charge in [-0.15, -0.1) is 0 Å². The van der Waals surface area contributed by atoms with E-state index in [1.165, 1.54) is 17.9 Å². The lowest BCUT2D eigenvalue weighted by Gasteiger charge is -2.18. The first kappa shape index (κ1) is 17.8. The second kappa shape index (κ2) is 5.75. The van der Waals surface area contributed by atoms with Crippen LogP contribution in [-0.2, 0) is 10.0 Å². The van der Waals surface area contributed by atoms with Crippen molar-refractivity contribution in [1.29, 1.82) is 0 Å². The number of amides is 1. The Labute approximate surface area is 171 Å². The molecule has 152 valence electrons. The molecular weight excluding hydrogens is 406 g/mol. The van der Waals surface area contributed by atoms with Crippen LogP contribution < -0.4 is 10.8 Å². The van der Waals surface area contributed by atoms with Gasteiger partial charge in [-0.1, -0.05) is 30.3 Å². The molecule has 10 heteroatoms. The van der Waals surface area contributed by atoms with Gasteiger partial charge in [-0.05, 0) is 22.9 Å². The fourth-order valence-electron chi connectivity index (χ4n) is 4.97. The van der Waals surface area contributed by atoms with Gasteiger partial charge in [-0.25, -0.2) is 23.9 Å². The van der Waals surface area contributed by atoms with E-state index in [0.29, 0.717) is 17.4 Å². The van der Waals surface area contributed by atoms with Crippen molar-refractivity contribution in [2.75, 3.05) is 11.9 Å². The molecule has 0 spiro atoms. The molecule has 30 heavy (non-hydrogen) atoms. The first-order valence-corrected chi connectivity index (χ1v) is 11.0. The molecule has 4 atom stereocenters. The molecule has 9 nitrogen and oxygen atoms in total. The third-order valence-corrected chi connectivity index (χ3v) is 8.41. The van der Waals surface area contributed by atoms with Crippen LogP contribution >= 0.6 is 0 Å². The van der Waals surface area contributed by atoms with Gasteiger partial charge in [0.15, 0.2) is 0 Å². The Hall–Kier alpha value is -3.08. The zero-order valence-corrected chi connectivity index (χ0v) is 16.4. The van der Waals surface area contributed by atoms with Gasteiger partial charge in [0.1, 0.15) is 0 Å². The average Bonchev–Trinajstić information content (AvgIpc) is 3.43. The van der Waals surface area contributed by atoms with Gasteiger partial charge in [-0.2, -0.15) is 4.31 Å². The third-order valence-electron chi connectivity index (χ3n) is 6.57. The van der Waals surface area contributed by atoms with Crippen LogP contribution in [0.2, 0.25) is 0 Å². The summed E-state index contributed by atoms with van der Waals surface area (Å²) in [4.78, 5) is 19.9. The minimum Gasteiger partial charge on any atom is -0.346 e. The van der Waals surface area contributed by atoms with Gasteiger partial charge in [0, 0.05) is 30.8 Å². The molecule has 2 aliphatic heterocycles. The van der Waals surface area contributed by atoms with Crippen LogP contribution in [0, 0.1) is 11.8 Å². The number of piperidine rings is 1. The molecule has 2 aromatic carbocycles. The average molecular weight is 423 g/mol. The lowest BCUT2D eigenvalue weighted by molar-refractivity contribution is 0.0705. The van der Waals surface area contributed by atoms with Crippen molar-refractivity contribution in [3.63, 3.8) is 0 Å². The van der Waals surface area contributed by atoms with Gasteiger partial charge in [-0.3, -0.25) is 10.0 Å². The van der Waals surface area contributed by atoms with Crippen LogP contribution in [0.15, 0.2) is 59.8 Å². The molecule has 3 heterocycles. The van der Waals surface area contributed by atoms with Gasteiger partial charge in [0.25, 0.3) is 5.91 Å². The number of nitrogens with zero attached hydrogens (tertiary/aromatic N) is 3. The summed E-state index contributed by atoms with van der Waals surface area (Å²) in [6.07, 6.45) is 2.62. The lowest BCUT2D eigenvalue weighted by atomic mass is 10.1. The molecule has 2 aliphatic carbocycles. The molecule has 0 radical (unpaired) electrons. The molecule has 3 aromatic rings. The molecular formula is C20H17N5O4S. The fraction of sp³-hybridized carbons (Fsp3) is 0.250. The number of carbonyl (C=O) groups excluding carboxylic acids is 1. The maximum atomic E-state index is 13.3. The number of nitrogens with one attached hydrogen (secondary N) is 2. The zero-order chi connectivity index (χ0) is 20.7. The molecule has 2 saturated carbocycles. The molecule has 2 bridgehead atoms. The molecule has 2 saturated heterocycles. The van der Waals surface area contributed by atoms with Crippen molar-refractivity contribution in [3.05, 3.63) is 60.4 Å². The SMILES string of the molecule is O=C(NO)c1cnc(NC23C4CN(S(=O)(=O)c5ccc6ccccc6c5)C2C43)nc1. The highest BCUT2D eigenvalue weighted by Crippen LogP contribution is 2.80. The van der Waals surface area contributed by atoms with E-state index in [1.807, 2.05) is 30.3 Å². The molecule has 1 aromatic heterocycles. The van der Waals surface area contributed by atoms with Crippen molar-refractivity contribution in [1.82, 2.24) is 19.8 Å². The first-order valence-electron chi connectivity index (χ1n) is 9.52. The van der Waals surface area contributed by atoms with Crippen LogP contribution in [0.5, 0.6) is 0 Å². The number of hydrogen-bond donors (Lipinski definition) is 3. The van der Waals surface area contributed by atoms with Crippen molar-refractivity contribution < 1.29 is 18.4 Å². The van der Waals surface area contributed by atoms with E-state index in [2.05, 4.69) is 15.3 Å². The second-order valence-electron chi connectivity index (χ2n) is 7.96. The summed E-state index contributed by atoms with van der Waals surface area (Å²) in [5.74, 6) is 0.145. The summed E-state index contributed by atoms with van der Waals surface area (Å²) in [5, 5.41) is 13.8. The van der Waals surface area contributed by atoms with E-state index < -0.39 is 15.9 Å². The second-order valence-corrected chi connectivity index (χ2v) is 9.85. The number of fused-ring (bicyclic) bond motifs is 2.